The number of aryl methyl sites for hydroxylation is 2. The fourth-order valence-electron chi connectivity index (χ4n) is 4.08. The van der Waals surface area contributed by atoms with Crippen LogP contribution >= 0.6 is 0 Å². The van der Waals surface area contributed by atoms with Crippen molar-refractivity contribution in [2.45, 2.75) is 38.3 Å². The van der Waals surface area contributed by atoms with E-state index in [1.54, 1.807) is 4.90 Å². The van der Waals surface area contributed by atoms with Crippen molar-refractivity contribution in [1.29, 1.82) is 0 Å². The molecule has 12 heteroatoms. The number of pyridine rings is 1. The van der Waals surface area contributed by atoms with Gasteiger partial charge in [0.15, 0.2) is 5.82 Å². The maximum atomic E-state index is 14.1. The molecule has 0 saturated carbocycles. The summed E-state index contributed by atoms with van der Waals surface area (Å²) >= 11 is 0. The highest BCUT2D eigenvalue weighted by atomic mass is 19.4. The molecule has 0 atom stereocenters. The average Bonchev–Trinajstić information content (AvgIpc) is 3.29. The molecule has 1 aliphatic heterocycles. The number of amides is 2. The van der Waals surface area contributed by atoms with Crippen LogP contribution in [0.2, 0.25) is 0 Å². The first-order chi connectivity index (χ1) is 18.1. The van der Waals surface area contributed by atoms with Crippen LogP contribution in [0.5, 0.6) is 0 Å². The molecule has 0 bridgehead atoms. The van der Waals surface area contributed by atoms with E-state index >= 15 is 0 Å². The number of halogens is 5. The Morgan fingerprint density at radius 2 is 1.87 bits per heavy atom. The number of hydrogen-bond donors (Lipinski definition) is 1. The Morgan fingerprint density at radius 1 is 1.05 bits per heavy atom. The van der Waals surface area contributed by atoms with Gasteiger partial charge in [-0.25, -0.2) is 18.7 Å². The predicted octanol–water partition coefficient (Wildman–Crippen LogP) is 4.36. The molecule has 3 aromatic rings. The highest BCUT2D eigenvalue weighted by molar-refractivity contribution is 5.92. The molecule has 4 rings (SSSR count). The average molecular weight is 534 g/mol. The Balaban J connectivity index is 1.54. The van der Waals surface area contributed by atoms with Gasteiger partial charge in [-0.2, -0.15) is 13.2 Å². The molecule has 3 heterocycles. The molecule has 0 unspecified atom stereocenters. The van der Waals surface area contributed by atoms with E-state index in [1.165, 1.54) is 12.1 Å². The van der Waals surface area contributed by atoms with Gasteiger partial charge in [0, 0.05) is 55.8 Å². The maximum absolute atomic E-state index is 14.1. The molecule has 2 aromatic heterocycles. The zero-order valence-corrected chi connectivity index (χ0v) is 20.2. The van der Waals surface area contributed by atoms with Crippen LogP contribution in [0.4, 0.5) is 22.0 Å². The summed E-state index contributed by atoms with van der Waals surface area (Å²) in [5, 5.41) is 2.70. The Morgan fingerprint density at radius 3 is 2.58 bits per heavy atom. The van der Waals surface area contributed by atoms with E-state index < -0.39 is 29.3 Å². The van der Waals surface area contributed by atoms with Crippen molar-refractivity contribution in [3.8, 4) is 11.4 Å². The van der Waals surface area contributed by atoms with Gasteiger partial charge in [0.1, 0.15) is 17.3 Å². The van der Waals surface area contributed by atoms with Crippen molar-refractivity contribution >= 4 is 11.8 Å². The second kappa shape index (κ2) is 11.6. The highest BCUT2D eigenvalue weighted by Crippen LogP contribution is 2.30. The number of hydrogen-bond acceptors (Lipinski definition) is 5. The molecule has 7 nitrogen and oxygen atoms in total. The summed E-state index contributed by atoms with van der Waals surface area (Å²) in [5.74, 6) is -2.10. The van der Waals surface area contributed by atoms with E-state index in [2.05, 4.69) is 20.3 Å². The Bertz CT molecular complexity index is 1330. The number of nitrogens with one attached hydrogen (secondary N) is 1. The fraction of sp³-hybridized carbons (Fsp3) is 0.346. The van der Waals surface area contributed by atoms with E-state index in [4.69, 9.17) is 0 Å². The lowest BCUT2D eigenvalue weighted by molar-refractivity contribution is -0.137. The largest absolute Gasteiger partial charge is 0.417 e. The van der Waals surface area contributed by atoms with Gasteiger partial charge in [0.05, 0.1) is 5.56 Å². The molecular weight excluding hydrogens is 509 g/mol. The van der Waals surface area contributed by atoms with Crippen LogP contribution in [0.1, 0.15) is 46.6 Å². The maximum Gasteiger partial charge on any atom is 0.417 e. The van der Waals surface area contributed by atoms with Gasteiger partial charge in [-0.1, -0.05) is 6.07 Å². The first kappa shape index (κ1) is 27.1. The Hall–Kier alpha value is -3.96. The molecule has 2 amide bonds. The van der Waals surface area contributed by atoms with Crippen molar-refractivity contribution in [2.24, 2.45) is 0 Å². The molecule has 0 spiro atoms. The quantitative estimate of drug-likeness (QED) is 0.326. The highest BCUT2D eigenvalue weighted by Gasteiger charge is 2.31. The summed E-state index contributed by atoms with van der Waals surface area (Å²) in [6.45, 7) is 1.44. The molecule has 1 aliphatic rings. The van der Waals surface area contributed by atoms with Crippen LogP contribution in [-0.2, 0) is 23.8 Å². The number of carbonyl (C=O) groups is 2. The number of carbonyl (C=O) groups excluding carboxylic acids is 2. The lowest BCUT2D eigenvalue weighted by Crippen LogP contribution is -2.31. The third-order valence-corrected chi connectivity index (χ3v) is 6.06. The number of aromatic nitrogens is 3. The molecule has 0 radical (unpaired) electrons. The summed E-state index contributed by atoms with van der Waals surface area (Å²) < 4.78 is 67.0. The fourth-order valence-corrected chi connectivity index (χ4v) is 4.08. The first-order valence-electron chi connectivity index (χ1n) is 12.0. The second-order valence-corrected chi connectivity index (χ2v) is 8.86. The van der Waals surface area contributed by atoms with Crippen LogP contribution in [-0.4, -0.2) is 51.3 Å². The third kappa shape index (κ3) is 6.87. The number of alkyl halides is 3. The van der Waals surface area contributed by atoms with E-state index in [0.717, 1.165) is 30.8 Å². The summed E-state index contributed by atoms with van der Waals surface area (Å²) in [5.41, 5.74) is -0.631. The van der Waals surface area contributed by atoms with Crippen molar-refractivity contribution in [3.05, 3.63) is 76.9 Å². The topological polar surface area (TPSA) is 88.1 Å². The van der Waals surface area contributed by atoms with E-state index in [9.17, 15) is 31.5 Å². The van der Waals surface area contributed by atoms with E-state index in [1.807, 2.05) is 0 Å². The van der Waals surface area contributed by atoms with Crippen molar-refractivity contribution < 1.29 is 31.5 Å². The normalized spacial score (nSPS) is 13.7. The predicted molar refractivity (Wildman–Crippen MR) is 127 cm³/mol. The minimum Gasteiger partial charge on any atom is -0.351 e. The van der Waals surface area contributed by atoms with Gasteiger partial charge < -0.3 is 10.2 Å². The van der Waals surface area contributed by atoms with Crippen LogP contribution in [0.25, 0.3) is 11.4 Å². The Kier molecular flexibility index (Phi) is 8.28. The monoisotopic (exact) mass is 533 g/mol. The smallest absolute Gasteiger partial charge is 0.351 e. The third-order valence-electron chi connectivity index (χ3n) is 6.06. The van der Waals surface area contributed by atoms with Gasteiger partial charge in [-0.05, 0) is 49.4 Å². The Labute approximate surface area is 215 Å². The lowest BCUT2D eigenvalue weighted by atomic mass is 10.1. The number of likely N-dealkylation sites (tertiary alicyclic amines) is 1. The van der Waals surface area contributed by atoms with Crippen LogP contribution in [0, 0.1) is 11.6 Å². The van der Waals surface area contributed by atoms with Gasteiger partial charge in [0.2, 0.25) is 5.91 Å². The molecular formula is C26H24F5N5O2. The van der Waals surface area contributed by atoms with Gasteiger partial charge in [-0.15, -0.1) is 0 Å². The number of benzene rings is 1. The molecule has 0 aliphatic carbocycles. The van der Waals surface area contributed by atoms with Crippen molar-refractivity contribution in [2.75, 3.05) is 19.6 Å². The van der Waals surface area contributed by atoms with Crippen LogP contribution in [0.15, 0.2) is 42.7 Å². The molecule has 1 fully saturated rings. The molecule has 1 aromatic carbocycles. The van der Waals surface area contributed by atoms with Gasteiger partial charge in [-0.3, -0.25) is 14.6 Å². The zero-order chi connectivity index (χ0) is 27.3. The molecule has 1 N–H and O–H groups in total. The summed E-state index contributed by atoms with van der Waals surface area (Å²) in [6.07, 6.45) is -0.751. The summed E-state index contributed by atoms with van der Waals surface area (Å²) in [4.78, 5) is 38.4. The van der Waals surface area contributed by atoms with Gasteiger partial charge in [0.25, 0.3) is 5.91 Å². The standard InChI is InChI=1S/C26H24F5N5O2/c27-19-6-4-16(21(28)12-19)5-7-20-13-22(25(38)33-8-2-10-36-9-1-3-23(36)37)35-24(34-20)17-11-18(15-32-14-17)26(29,30)31/h4,6,11-15H,1-3,5,7-10H2,(H,33,38). The number of rotatable bonds is 9. The zero-order valence-electron chi connectivity index (χ0n) is 20.2. The SMILES string of the molecule is O=C(NCCCN1CCCC1=O)c1cc(CCc2ccc(F)cc2F)nc(-c2cncc(C(F)(F)F)c2)n1. The molecule has 38 heavy (non-hydrogen) atoms. The minimum atomic E-state index is -4.64. The summed E-state index contributed by atoms with van der Waals surface area (Å²) in [7, 11) is 0. The number of nitrogens with zero attached hydrogens (tertiary/aromatic N) is 4. The van der Waals surface area contributed by atoms with E-state index in [0.29, 0.717) is 32.1 Å². The van der Waals surface area contributed by atoms with Crippen LogP contribution < -0.4 is 5.32 Å². The second-order valence-electron chi connectivity index (χ2n) is 8.86. The first-order valence-corrected chi connectivity index (χ1v) is 12.0. The van der Waals surface area contributed by atoms with Gasteiger partial charge >= 0.3 is 6.18 Å². The summed E-state index contributed by atoms with van der Waals surface area (Å²) in [6, 6.07) is 5.38. The van der Waals surface area contributed by atoms with Crippen molar-refractivity contribution in [1.82, 2.24) is 25.2 Å². The molecule has 200 valence electrons. The molecule has 1 saturated heterocycles. The minimum absolute atomic E-state index is 0.0452. The van der Waals surface area contributed by atoms with Crippen molar-refractivity contribution in [3.63, 3.8) is 0 Å². The van der Waals surface area contributed by atoms with E-state index in [-0.39, 0.29) is 53.6 Å². The van der Waals surface area contributed by atoms with Crippen LogP contribution in [0.3, 0.4) is 0 Å². The lowest BCUT2D eigenvalue weighted by Gasteiger charge is -2.15.